The summed E-state index contributed by atoms with van der Waals surface area (Å²) in [5, 5.41) is 12.1. The molecule has 152 valence electrons. The van der Waals surface area contributed by atoms with E-state index < -0.39 is 0 Å². The second kappa shape index (κ2) is 9.99. The van der Waals surface area contributed by atoms with E-state index in [1.165, 1.54) is 0 Å². The van der Waals surface area contributed by atoms with E-state index in [1.54, 1.807) is 50.6 Å². The molecule has 30 heavy (non-hydrogen) atoms. The van der Waals surface area contributed by atoms with Gasteiger partial charge in [-0.1, -0.05) is 24.3 Å². The van der Waals surface area contributed by atoms with Gasteiger partial charge >= 0.3 is 0 Å². The van der Waals surface area contributed by atoms with Crippen molar-refractivity contribution in [2.45, 2.75) is 13.2 Å². The third-order valence-corrected chi connectivity index (χ3v) is 4.49. The van der Waals surface area contributed by atoms with Crippen molar-refractivity contribution < 1.29 is 19.0 Å². The van der Waals surface area contributed by atoms with Crippen LogP contribution in [0, 0.1) is 11.3 Å². The van der Waals surface area contributed by atoms with Crippen LogP contribution >= 0.6 is 0 Å². The highest BCUT2D eigenvalue weighted by molar-refractivity contribution is 5.94. The monoisotopic (exact) mass is 402 g/mol. The second-order valence-corrected chi connectivity index (χ2v) is 6.49. The number of nitrogens with zero attached hydrogens (tertiary/aromatic N) is 1. The molecular weight excluding hydrogens is 380 g/mol. The fourth-order valence-corrected chi connectivity index (χ4v) is 2.90. The van der Waals surface area contributed by atoms with Crippen molar-refractivity contribution in [2.75, 3.05) is 14.2 Å². The number of methoxy groups -OCH3 is 2. The Balaban J connectivity index is 1.64. The molecule has 0 aliphatic carbocycles. The lowest BCUT2D eigenvalue weighted by Crippen LogP contribution is -2.22. The van der Waals surface area contributed by atoms with Crippen molar-refractivity contribution in [3.8, 4) is 23.3 Å². The Labute approximate surface area is 175 Å². The molecule has 1 N–H and O–H groups in total. The average molecular weight is 402 g/mol. The van der Waals surface area contributed by atoms with Crippen molar-refractivity contribution in [1.82, 2.24) is 5.32 Å². The van der Waals surface area contributed by atoms with Gasteiger partial charge in [0.2, 0.25) is 0 Å². The SMILES string of the molecule is COc1cc(CNC(=O)c2cccc(OCc3ccccc3C#N)c2)cc(OC)c1. The van der Waals surface area contributed by atoms with Crippen LogP contribution in [0.4, 0.5) is 0 Å². The number of nitriles is 1. The molecule has 0 aromatic heterocycles. The Morgan fingerprint density at radius 3 is 2.37 bits per heavy atom. The van der Waals surface area contributed by atoms with E-state index in [1.807, 2.05) is 30.3 Å². The Morgan fingerprint density at radius 2 is 1.67 bits per heavy atom. The Kier molecular flexibility index (Phi) is 6.91. The van der Waals surface area contributed by atoms with E-state index in [4.69, 9.17) is 14.2 Å². The summed E-state index contributed by atoms with van der Waals surface area (Å²) in [5.74, 6) is 1.65. The summed E-state index contributed by atoms with van der Waals surface area (Å²) >= 11 is 0. The zero-order valence-corrected chi connectivity index (χ0v) is 16.8. The van der Waals surface area contributed by atoms with Crippen molar-refractivity contribution in [1.29, 1.82) is 5.26 Å². The predicted octanol–water partition coefficient (Wildman–Crippen LogP) is 4.08. The molecule has 6 nitrogen and oxygen atoms in total. The normalized spacial score (nSPS) is 10.0. The van der Waals surface area contributed by atoms with Crippen LogP contribution < -0.4 is 19.5 Å². The van der Waals surface area contributed by atoms with E-state index in [2.05, 4.69) is 11.4 Å². The van der Waals surface area contributed by atoms with Crippen LogP contribution in [-0.2, 0) is 13.2 Å². The second-order valence-electron chi connectivity index (χ2n) is 6.49. The number of rotatable bonds is 8. The molecule has 0 heterocycles. The minimum Gasteiger partial charge on any atom is -0.497 e. The highest BCUT2D eigenvalue weighted by atomic mass is 16.5. The summed E-state index contributed by atoms with van der Waals surface area (Å²) < 4.78 is 16.3. The third kappa shape index (κ3) is 5.30. The van der Waals surface area contributed by atoms with Crippen LogP contribution in [0.25, 0.3) is 0 Å². The lowest BCUT2D eigenvalue weighted by Gasteiger charge is -2.11. The molecule has 0 spiro atoms. The highest BCUT2D eigenvalue weighted by Crippen LogP contribution is 2.22. The molecule has 0 aliphatic rings. The topological polar surface area (TPSA) is 80.6 Å². The first kappa shape index (κ1) is 20.7. The van der Waals surface area contributed by atoms with Crippen molar-refractivity contribution in [2.24, 2.45) is 0 Å². The van der Waals surface area contributed by atoms with Crippen LogP contribution in [0.1, 0.15) is 27.0 Å². The first-order valence-electron chi connectivity index (χ1n) is 9.34. The summed E-state index contributed by atoms with van der Waals surface area (Å²) in [6.07, 6.45) is 0. The van der Waals surface area contributed by atoms with E-state index >= 15 is 0 Å². The van der Waals surface area contributed by atoms with Gasteiger partial charge in [0.1, 0.15) is 23.9 Å². The van der Waals surface area contributed by atoms with Crippen molar-refractivity contribution >= 4 is 5.91 Å². The fraction of sp³-hybridized carbons (Fsp3) is 0.167. The molecule has 0 aliphatic heterocycles. The summed E-state index contributed by atoms with van der Waals surface area (Å²) in [7, 11) is 3.16. The number of amides is 1. The first-order chi connectivity index (χ1) is 14.6. The maximum atomic E-state index is 12.6. The lowest BCUT2D eigenvalue weighted by atomic mass is 10.1. The molecule has 0 fully saturated rings. The van der Waals surface area contributed by atoms with Crippen molar-refractivity contribution in [3.05, 3.63) is 89.0 Å². The summed E-state index contributed by atoms with van der Waals surface area (Å²) in [6.45, 7) is 0.575. The highest BCUT2D eigenvalue weighted by Gasteiger charge is 2.09. The van der Waals surface area contributed by atoms with E-state index in [-0.39, 0.29) is 12.5 Å². The van der Waals surface area contributed by atoms with E-state index in [0.29, 0.717) is 34.9 Å². The van der Waals surface area contributed by atoms with E-state index in [9.17, 15) is 10.1 Å². The van der Waals surface area contributed by atoms with Gasteiger partial charge in [-0.3, -0.25) is 4.79 Å². The maximum absolute atomic E-state index is 12.6. The predicted molar refractivity (Wildman–Crippen MR) is 113 cm³/mol. The maximum Gasteiger partial charge on any atom is 0.251 e. The summed E-state index contributed by atoms with van der Waals surface area (Å²) in [6, 6.07) is 21.8. The number of nitrogens with one attached hydrogen (secondary N) is 1. The minimum atomic E-state index is -0.223. The molecule has 0 unspecified atom stereocenters. The molecule has 3 rings (SSSR count). The molecule has 1 amide bonds. The smallest absolute Gasteiger partial charge is 0.251 e. The number of hydrogen-bond donors (Lipinski definition) is 1. The van der Waals surface area contributed by atoms with Crippen LogP contribution in [0.2, 0.25) is 0 Å². The first-order valence-corrected chi connectivity index (χ1v) is 9.34. The molecular formula is C24H22N2O4. The van der Waals surface area contributed by atoms with Gasteiger partial charge in [0.05, 0.1) is 25.9 Å². The van der Waals surface area contributed by atoms with Crippen LogP contribution in [0.15, 0.2) is 66.7 Å². The zero-order chi connectivity index (χ0) is 21.3. The van der Waals surface area contributed by atoms with Crippen LogP contribution in [0.5, 0.6) is 17.2 Å². The van der Waals surface area contributed by atoms with Crippen molar-refractivity contribution in [3.63, 3.8) is 0 Å². The zero-order valence-electron chi connectivity index (χ0n) is 16.8. The van der Waals surface area contributed by atoms with Gasteiger partial charge in [-0.2, -0.15) is 5.26 Å². The molecule has 0 atom stereocenters. The minimum absolute atomic E-state index is 0.223. The summed E-state index contributed by atoms with van der Waals surface area (Å²) in [4.78, 5) is 12.6. The molecule has 0 saturated heterocycles. The van der Waals surface area contributed by atoms with Gasteiger partial charge in [0.15, 0.2) is 0 Å². The van der Waals surface area contributed by atoms with Gasteiger partial charge in [-0.25, -0.2) is 0 Å². The third-order valence-electron chi connectivity index (χ3n) is 4.49. The van der Waals surface area contributed by atoms with E-state index in [0.717, 1.165) is 11.1 Å². The van der Waals surface area contributed by atoms with Gasteiger partial charge in [0.25, 0.3) is 5.91 Å². The average Bonchev–Trinajstić information content (AvgIpc) is 2.81. The van der Waals surface area contributed by atoms with Gasteiger partial charge in [-0.15, -0.1) is 0 Å². The standard InChI is InChI=1S/C24H22N2O4/c1-28-22-10-17(11-23(13-22)29-2)15-26-24(27)18-8-5-9-21(12-18)30-16-20-7-4-3-6-19(20)14-25/h3-13H,15-16H2,1-2H3,(H,26,27). The molecule has 0 saturated carbocycles. The Hall–Kier alpha value is -3.98. The number of carbonyl (C=O) groups excluding carboxylic acids is 1. The van der Waals surface area contributed by atoms with Gasteiger partial charge in [0, 0.05) is 23.7 Å². The largest absolute Gasteiger partial charge is 0.497 e. The number of hydrogen-bond acceptors (Lipinski definition) is 5. The van der Waals surface area contributed by atoms with Gasteiger partial charge < -0.3 is 19.5 Å². The number of benzene rings is 3. The molecule has 3 aromatic carbocycles. The molecule has 6 heteroatoms. The molecule has 0 radical (unpaired) electrons. The quantitative estimate of drug-likeness (QED) is 0.614. The fourth-order valence-electron chi connectivity index (χ4n) is 2.90. The van der Waals surface area contributed by atoms with Crippen LogP contribution in [0.3, 0.4) is 0 Å². The number of carbonyl (C=O) groups is 1. The Bertz CT molecular complexity index is 1050. The molecule has 3 aromatic rings. The lowest BCUT2D eigenvalue weighted by molar-refractivity contribution is 0.0950. The van der Waals surface area contributed by atoms with Crippen LogP contribution in [-0.4, -0.2) is 20.1 Å². The summed E-state index contributed by atoms with van der Waals surface area (Å²) in [5.41, 5.74) is 2.71. The Morgan fingerprint density at radius 1 is 0.933 bits per heavy atom. The van der Waals surface area contributed by atoms with Gasteiger partial charge in [-0.05, 0) is 42.0 Å². The molecule has 0 bridgehead atoms. The number of ether oxygens (including phenoxy) is 3.